The molecule has 0 aliphatic heterocycles. The van der Waals surface area contributed by atoms with Gasteiger partial charge in [-0.2, -0.15) is 0 Å². The summed E-state index contributed by atoms with van der Waals surface area (Å²) < 4.78 is 0. The molecule has 7 nitrogen and oxygen atoms in total. The number of hydrogen-bond donors (Lipinski definition) is 2. The van der Waals surface area contributed by atoms with E-state index in [0.717, 1.165) is 5.69 Å². The molecule has 0 unspecified atom stereocenters. The second-order valence-corrected chi connectivity index (χ2v) is 4.24. The van der Waals surface area contributed by atoms with Crippen molar-refractivity contribution in [3.05, 3.63) is 38.8 Å². The Morgan fingerprint density at radius 2 is 2.33 bits per heavy atom. The van der Waals surface area contributed by atoms with Gasteiger partial charge in [-0.15, -0.1) is 11.3 Å². The maximum atomic E-state index is 10.8. The number of nitrogens with two attached hydrogens (primary N) is 1. The Morgan fingerprint density at radius 1 is 1.50 bits per heavy atom. The van der Waals surface area contributed by atoms with Gasteiger partial charge in [0.25, 0.3) is 0 Å². The van der Waals surface area contributed by atoms with E-state index in [1.54, 1.807) is 5.51 Å². The zero-order chi connectivity index (χ0) is 13.0. The summed E-state index contributed by atoms with van der Waals surface area (Å²) in [5, 5.41) is 15.6. The maximum Gasteiger partial charge on any atom is 0.311 e. The predicted molar refractivity (Wildman–Crippen MR) is 69.6 cm³/mol. The van der Waals surface area contributed by atoms with E-state index in [2.05, 4.69) is 15.3 Å². The summed E-state index contributed by atoms with van der Waals surface area (Å²) in [5.74, 6) is 0.437. The molecule has 2 aromatic rings. The lowest BCUT2D eigenvalue weighted by atomic mass is 10.3. The van der Waals surface area contributed by atoms with Gasteiger partial charge < -0.3 is 11.1 Å². The Morgan fingerprint density at radius 3 is 3.00 bits per heavy atom. The van der Waals surface area contributed by atoms with Crippen LogP contribution in [-0.2, 0) is 6.42 Å². The number of nitro groups is 1. The van der Waals surface area contributed by atoms with E-state index in [1.807, 2.05) is 5.38 Å². The third-order valence-corrected chi connectivity index (χ3v) is 2.88. The highest BCUT2D eigenvalue weighted by Gasteiger charge is 2.14. The molecule has 0 aliphatic rings. The summed E-state index contributed by atoms with van der Waals surface area (Å²) >= 11 is 1.51. The average molecular weight is 265 g/mol. The van der Waals surface area contributed by atoms with E-state index in [-0.39, 0.29) is 17.3 Å². The number of anilines is 2. The molecule has 94 valence electrons. The largest absolute Gasteiger partial charge is 0.384 e. The summed E-state index contributed by atoms with van der Waals surface area (Å²) in [7, 11) is 0. The molecule has 0 bridgehead atoms. The molecule has 2 rings (SSSR count). The molecule has 2 aromatic heterocycles. The van der Waals surface area contributed by atoms with Gasteiger partial charge >= 0.3 is 5.69 Å². The lowest BCUT2D eigenvalue weighted by molar-refractivity contribution is -0.384. The smallest absolute Gasteiger partial charge is 0.311 e. The van der Waals surface area contributed by atoms with Gasteiger partial charge in [-0.1, -0.05) is 0 Å². The first-order valence-electron chi connectivity index (χ1n) is 5.18. The van der Waals surface area contributed by atoms with Crippen LogP contribution in [0.25, 0.3) is 0 Å². The molecule has 0 amide bonds. The minimum atomic E-state index is -0.488. The quantitative estimate of drug-likeness (QED) is 0.629. The molecule has 8 heteroatoms. The molecule has 18 heavy (non-hydrogen) atoms. The first-order chi connectivity index (χ1) is 8.66. The maximum absolute atomic E-state index is 10.8. The Kier molecular flexibility index (Phi) is 3.68. The van der Waals surface area contributed by atoms with Crippen LogP contribution in [0.5, 0.6) is 0 Å². The SMILES string of the molecule is Nc1ccc([N+](=O)[O-])c(NCCc2cscn2)n1. The molecule has 0 spiro atoms. The van der Waals surface area contributed by atoms with Crippen LogP contribution in [0.4, 0.5) is 17.3 Å². The highest BCUT2D eigenvalue weighted by molar-refractivity contribution is 7.07. The van der Waals surface area contributed by atoms with Crippen molar-refractivity contribution in [2.75, 3.05) is 17.6 Å². The van der Waals surface area contributed by atoms with E-state index < -0.39 is 4.92 Å². The fourth-order valence-electron chi connectivity index (χ4n) is 1.41. The normalized spacial score (nSPS) is 10.2. The third kappa shape index (κ3) is 2.92. The van der Waals surface area contributed by atoms with Crippen molar-refractivity contribution in [2.45, 2.75) is 6.42 Å². The van der Waals surface area contributed by atoms with E-state index in [0.29, 0.717) is 13.0 Å². The van der Waals surface area contributed by atoms with Gasteiger partial charge in [0.15, 0.2) is 0 Å². The highest BCUT2D eigenvalue weighted by atomic mass is 32.1. The first kappa shape index (κ1) is 12.2. The van der Waals surface area contributed by atoms with Gasteiger partial charge in [0.1, 0.15) is 5.82 Å². The number of pyridine rings is 1. The lowest BCUT2D eigenvalue weighted by Gasteiger charge is -2.05. The number of nitrogens with zero attached hydrogens (tertiary/aromatic N) is 3. The molecule has 0 atom stereocenters. The van der Waals surface area contributed by atoms with Crippen molar-refractivity contribution < 1.29 is 4.92 Å². The van der Waals surface area contributed by atoms with Crippen molar-refractivity contribution in [3.8, 4) is 0 Å². The van der Waals surface area contributed by atoms with E-state index in [9.17, 15) is 10.1 Å². The molecular weight excluding hydrogens is 254 g/mol. The molecule has 0 aliphatic carbocycles. The number of nitrogens with one attached hydrogen (secondary N) is 1. The van der Waals surface area contributed by atoms with Crippen LogP contribution in [0.1, 0.15) is 5.69 Å². The van der Waals surface area contributed by atoms with Crippen LogP contribution in [-0.4, -0.2) is 21.4 Å². The number of aromatic nitrogens is 2. The topological polar surface area (TPSA) is 107 Å². The van der Waals surface area contributed by atoms with E-state index >= 15 is 0 Å². The average Bonchev–Trinajstić information content (AvgIpc) is 2.82. The van der Waals surface area contributed by atoms with Gasteiger partial charge in [-0.25, -0.2) is 9.97 Å². The predicted octanol–water partition coefficient (Wildman–Crippen LogP) is 1.68. The molecule has 0 saturated carbocycles. The Bertz CT molecular complexity index is 543. The summed E-state index contributed by atoms with van der Waals surface area (Å²) in [6.45, 7) is 0.515. The second-order valence-electron chi connectivity index (χ2n) is 3.52. The first-order valence-corrected chi connectivity index (χ1v) is 6.13. The monoisotopic (exact) mass is 265 g/mol. The molecule has 0 saturated heterocycles. The summed E-state index contributed by atoms with van der Waals surface area (Å²) in [6, 6.07) is 2.75. The van der Waals surface area contributed by atoms with Gasteiger partial charge in [-0.05, 0) is 6.07 Å². The Balaban J connectivity index is 2.03. The summed E-state index contributed by atoms with van der Waals surface area (Å²) in [5.41, 5.74) is 8.12. The zero-order valence-corrected chi connectivity index (χ0v) is 10.2. The van der Waals surface area contributed by atoms with E-state index in [4.69, 9.17) is 5.73 Å². The van der Waals surface area contributed by atoms with Crippen molar-refractivity contribution >= 4 is 28.7 Å². The molecule has 2 heterocycles. The number of nitrogen functional groups attached to an aromatic ring is 1. The van der Waals surface area contributed by atoms with Crippen molar-refractivity contribution in [2.24, 2.45) is 0 Å². The van der Waals surface area contributed by atoms with Crippen LogP contribution in [0.15, 0.2) is 23.0 Å². The molecule has 0 radical (unpaired) electrons. The van der Waals surface area contributed by atoms with Crippen molar-refractivity contribution in [1.82, 2.24) is 9.97 Å². The van der Waals surface area contributed by atoms with Crippen LogP contribution in [0.3, 0.4) is 0 Å². The van der Waals surface area contributed by atoms with E-state index in [1.165, 1.54) is 23.5 Å². The lowest BCUT2D eigenvalue weighted by Crippen LogP contribution is -2.09. The van der Waals surface area contributed by atoms with Crippen LogP contribution in [0, 0.1) is 10.1 Å². The highest BCUT2D eigenvalue weighted by Crippen LogP contribution is 2.22. The number of thiazole rings is 1. The number of rotatable bonds is 5. The summed E-state index contributed by atoms with van der Waals surface area (Å²) in [4.78, 5) is 18.4. The Labute approximate surface area is 107 Å². The van der Waals surface area contributed by atoms with Gasteiger partial charge in [0.2, 0.25) is 5.82 Å². The minimum absolute atomic E-state index is 0.0810. The van der Waals surface area contributed by atoms with Crippen LogP contribution in [0.2, 0.25) is 0 Å². The van der Waals surface area contributed by atoms with Crippen LogP contribution < -0.4 is 11.1 Å². The van der Waals surface area contributed by atoms with Gasteiger partial charge in [-0.3, -0.25) is 10.1 Å². The summed E-state index contributed by atoms with van der Waals surface area (Å²) in [6.07, 6.45) is 0.678. The fourth-order valence-corrected chi connectivity index (χ4v) is 2.01. The van der Waals surface area contributed by atoms with Crippen molar-refractivity contribution in [3.63, 3.8) is 0 Å². The standard InChI is InChI=1S/C10H11N5O2S/c11-9-2-1-8(15(16)17)10(14-9)12-4-3-7-5-18-6-13-7/h1-2,5-6H,3-4H2,(H3,11,12,14). The molecular formula is C10H11N5O2S. The zero-order valence-electron chi connectivity index (χ0n) is 9.37. The molecule has 0 aromatic carbocycles. The third-order valence-electron chi connectivity index (χ3n) is 2.25. The number of hydrogen-bond acceptors (Lipinski definition) is 7. The van der Waals surface area contributed by atoms with Gasteiger partial charge in [0.05, 0.1) is 16.1 Å². The minimum Gasteiger partial charge on any atom is -0.384 e. The molecule has 3 N–H and O–H groups in total. The van der Waals surface area contributed by atoms with Crippen LogP contribution >= 0.6 is 11.3 Å². The van der Waals surface area contributed by atoms with Gasteiger partial charge in [0, 0.05) is 24.4 Å². The molecule has 0 fully saturated rings. The Hall–Kier alpha value is -2.22. The fraction of sp³-hybridized carbons (Fsp3) is 0.200. The second kappa shape index (κ2) is 5.41. The van der Waals surface area contributed by atoms with Crippen molar-refractivity contribution in [1.29, 1.82) is 0 Å².